The van der Waals surface area contributed by atoms with E-state index in [-0.39, 0.29) is 10.8 Å². The van der Waals surface area contributed by atoms with Crippen LogP contribution in [0.5, 0.6) is 0 Å². The normalized spacial score (nSPS) is 12.6. The largest absolute Gasteiger partial charge is 0.311 e. The Morgan fingerprint density at radius 3 is 1.33 bits per heavy atom. The molecule has 0 unspecified atom stereocenters. The molecule has 2 aromatic rings. The van der Waals surface area contributed by atoms with Crippen molar-refractivity contribution in [2.75, 3.05) is 4.90 Å². The van der Waals surface area contributed by atoms with Gasteiger partial charge in [-0.05, 0) is 58.4 Å². The highest BCUT2D eigenvalue weighted by atomic mass is 15.1. The molecule has 0 amide bonds. The van der Waals surface area contributed by atoms with Gasteiger partial charge in [-0.15, -0.1) is 0 Å². The molecule has 0 radical (unpaired) electrons. The number of benzene rings is 2. The van der Waals surface area contributed by atoms with Crippen molar-refractivity contribution >= 4 is 11.4 Å². The highest BCUT2D eigenvalue weighted by molar-refractivity contribution is 5.70. The van der Waals surface area contributed by atoms with E-state index in [1.165, 1.54) is 11.1 Å². The zero-order valence-electron chi connectivity index (χ0n) is 17.7. The van der Waals surface area contributed by atoms with Gasteiger partial charge in [0.1, 0.15) is 0 Å². The zero-order valence-corrected chi connectivity index (χ0v) is 17.7. The SMILES string of the molecule is C=C/C=C(\C=C)N(c1ccc(C(C)(C)C)cc1)c1ccc(C(C)(C)C)cc1. The summed E-state index contributed by atoms with van der Waals surface area (Å²) >= 11 is 0. The average Bonchev–Trinajstić information content (AvgIpc) is 2.60. The van der Waals surface area contributed by atoms with E-state index in [4.69, 9.17) is 0 Å². The Labute approximate surface area is 165 Å². The van der Waals surface area contributed by atoms with Gasteiger partial charge in [0.2, 0.25) is 0 Å². The number of rotatable bonds is 5. The maximum atomic E-state index is 4.01. The third-order valence-corrected chi connectivity index (χ3v) is 4.74. The minimum absolute atomic E-state index is 0.135. The Morgan fingerprint density at radius 1 is 0.704 bits per heavy atom. The van der Waals surface area contributed by atoms with Gasteiger partial charge >= 0.3 is 0 Å². The summed E-state index contributed by atoms with van der Waals surface area (Å²) in [5.41, 5.74) is 6.13. The molecule has 1 nitrogen and oxygen atoms in total. The van der Waals surface area contributed by atoms with Crippen molar-refractivity contribution < 1.29 is 0 Å². The lowest BCUT2D eigenvalue weighted by Gasteiger charge is -2.28. The molecular weight excluding hydrogens is 326 g/mol. The summed E-state index contributed by atoms with van der Waals surface area (Å²) < 4.78 is 0. The fourth-order valence-electron chi connectivity index (χ4n) is 3.02. The molecule has 1 heteroatoms. The van der Waals surface area contributed by atoms with Crippen molar-refractivity contribution in [3.05, 3.63) is 96.7 Å². The number of hydrogen-bond donors (Lipinski definition) is 0. The van der Waals surface area contributed by atoms with E-state index in [0.717, 1.165) is 17.1 Å². The maximum absolute atomic E-state index is 4.01. The van der Waals surface area contributed by atoms with E-state index in [9.17, 15) is 0 Å². The van der Waals surface area contributed by atoms with Crippen molar-refractivity contribution in [1.82, 2.24) is 0 Å². The molecule has 0 spiro atoms. The van der Waals surface area contributed by atoms with Crippen molar-refractivity contribution in [2.24, 2.45) is 0 Å². The lowest BCUT2D eigenvalue weighted by atomic mass is 9.86. The molecule has 0 fully saturated rings. The highest BCUT2D eigenvalue weighted by Crippen LogP contribution is 2.34. The van der Waals surface area contributed by atoms with Crippen LogP contribution in [0.1, 0.15) is 52.7 Å². The molecule has 0 heterocycles. The van der Waals surface area contributed by atoms with Crippen LogP contribution in [0.4, 0.5) is 11.4 Å². The minimum atomic E-state index is 0.135. The third kappa shape index (κ3) is 5.01. The molecule has 0 bridgehead atoms. The topological polar surface area (TPSA) is 3.24 Å². The van der Waals surface area contributed by atoms with Crippen LogP contribution >= 0.6 is 0 Å². The molecule has 0 aliphatic rings. The summed E-state index contributed by atoms with van der Waals surface area (Å²) in [5.74, 6) is 0. The molecule has 0 aliphatic heterocycles. The molecule has 0 atom stereocenters. The van der Waals surface area contributed by atoms with Gasteiger partial charge in [0.25, 0.3) is 0 Å². The number of hydrogen-bond acceptors (Lipinski definition) is 1. The van der Waals surface area contributed by atoms with E-state index < -0.39 is 0 Å². The number of nitrogens with zero attached hydrogens (tertiary/aromatic N) is 1. The Balaban J connectivity index is 2.54. The van der Waals surface area contributed by atoms with Crippen LogP contribution in [0, 0.1) is 0 Å². The first-order valence-electron chi connectivity index (χ1n) is 9.54. The highest BCUT2D eigenvalue weighted by Gasteiger charge is 2.18. The fourth-order valence-corrected chi connectivity index (χ4v) is 3.02. The molecule has 0 aromatic heterocycles. The van der Waals surface area contributed by atoms with Gasteiger partial charge in [-0.3, -0.25) is 0 Å². The number of anilines is 2. The second-order valence-electron chi connectivity index (χ2n) is 8.96. The second kappa shape index (κ2) is 8.00. The van der Waals surface area contributed by atoms with Gasteiger partial charge in [-0.1, -0.05) is 85.0 Å². The molecule has 0 N–H and O–H groups in total. The van der Waals surface area contributed by atoms with E-state index >= 15 is 0 Å². The van der Waals surface area contributed by atoms with Crippen molar-refractivity contribution in [3.8, 4) is 0 Å². The van der Waals surface area contributed by atoms with Crippen LogP contribution in [0.2, 0.25) is 0 Å². The third-order valence-electron chi connectivity index (χ3n) is 4.74. The van der Waals surface area contributed by atoms with Crippen LogP contribution in [-0.2, 0) is 10.8 Å². The van der Waals surface area contributed by atoms with Gasteiger partial charge in [0, 0.05) is 17.1 Å². The van der Waals surface area contributed by atoms with Gasteiger partial charge in [0.05, 0.1) is 0 Å². The first-order valence-corrected chi connectivity index (χ1v) is 9.54. The minimum Gasteiger partial charge on any atom is -0.311 e. The van der Waals surface area contributed by atoms with Gasteiger partial charge in [0.15, 0.2) is 0 Å². The molecule has 142 valence electrons. The fraction of sp³-hybridized carbons (Fsp3) is 0.308. The second-order valence-corrected chi connectivity index (χ2v) is 8.96. The molecule has 0 aliphatic carbocycles. The maximum Gasteiger partial charge on any atom is 0.0461 e. The van der Waals surface area contributed by atoms with Gasteiger partial charge in [-0.25, -0.2) is 0 Å². The molecule has 27 heavy (non-hydrogen) atoms. The van der Waals surface area contributed by atoms with Crippen LogP contribution in [0.3, 0.4) is 0 Å². The van der Waals surface area contributed by atoms with Crippen LogP contribution in [0.15, 0.2) is 85.6 Å². The summed E-state index contributed by atoms with van der Waals surface area (Å²) in [6.45, 7) is 21.3. The smallest absolute Gasteiger partial charge is 0.0461 e. The van der Waals surface area contributed by atoms with E-state index in [0.29, 0.717) is 0 Å². The van der Waals surface area contributed by atoms with E-state index in [1.807, 2.05) is 12.2 Å². The Bertz CT molecular complexity index is 749. The molecular formula is C26H33N. The van der Waals surface area contributed by atoms with E-state index in [2.05, 4.69) is 108 Å². The summed E-state index contributed by atoms with van der Waals surface area (Å²) in [5, 5.41) is 0. The van der Waals surface area contributed by atoms with Crippen molar-refractivity contribution in [3.63, 3.8) is 0 Å². The summed E-state index contributed by atoms with van der Waals surface area (Å²) in [4.78, 5) is 2.22. The summed E-state index contributed by atoms with van der Waals surface area (Å²) in [6.07, 6.45) is 5.66. The Morgan fingerprint density at radius 2 is 1.07 bits per heavy atom. The van der Waals surface area contributed by atoms with Gasteiger partial charge in [-0.2, -0.15) is 0 Å². The Kier molecular flexibility index (Phi) is 6.15. The first-order chi connectivity index (χ1) is 12.6. The summed E-state index contributed by atoms with van der Waals surface area (Å²) in [7, 11) is 0. The predicted molar refractivity (Wildman–Crippen MR) is 121 cm³/mol. The molecule has 2 rings (SSSR count). The van der Waals surface area contributed by atoms with Crippen molar-refractivity contribution in [2.45, 2.75) is 52.4 Å². The Hall–Kier alpha value is -2.54. The standard InChI is InChI=1S/C26H33N/c1-9-11-22(10-2)27(23-16-12-20(13-17-23)25(3,4)5)24-18-14-21(15-19-24)26(6,7)8/h9-19H,1-2H2,3-8H3/b22-11+. The quantitative estimate of drug-likeness (QED) is 0.495. The molecule has 2 aromatic carbocycles. The first kappa shape index (κ1) is 20.8. The van der Waals surface area contributed by atoms with E-state index in [1.54, 1.807) is 6.08 Å². The average molecular weight is 360 g/mol. The zero-order chi connectivity index (χ0) is 20.2. The van der Waals surface area contributed by atoms with Crippen molar-refractivity contribution in [1.29, 1.82) is 0 Å². The lowest BCUT2D eigenvalue weighted by molar-refractivity contribution is 0.590. The van der Waals surface area contributed by atoms with Crippen LogP contribution in [0.25, 0.3) is 0 Å². The molecule has 0 saturated carbocycles. The van der Waals surface area contributed by atoms with Gasteiger partial charge < -0.3 is 4.90 Å². The predicted octanol–water partition coefficient (Wildman–Crippen LogP) is 7.68. The summed E-state index contributed by atoms with van der Waals surface area (Å²) in [6, 6.07) is 17.6. The molecule has 0 saturated heterocycles. The monoisotopic (exact) mass is 359 g/mol. The van der Waals surface area contributed by atoms with Crippen LogP contribution < -0.4 is 4.90 Å². The number of allylic oxidation sites excluding steroid dienone is 3. The van der Waals surface area contributed by atoms with Crippen LogP contribution in [-0.4, -0.2) is 0 Å². The lowest BCUT2D eigenvalue weighted by Crippen LogP contribution is -2.17.